The first-order valence-corrected chi connectivity index (χ1v) is 5.92. The minimum atomic E-state index is 0.802. The molecule has 0 radical (unpaired) electrons. The lowest BCUT2D eigenvalue weighted by Crippen LogP contribution is -2.20. The fraction of sp³-hybridized carbons (Fsp3) is 0.750. The van der Waals surface area contributed by atoms with E-state index < -0.39 is 0 Å². The number of hydrogen-bond acceptors (Lipinski definition) is 2. The highest BCUT2D eigenvalue weighted by Gasteiger charge is 2.20. The van der Waals surface area contributed by atoms with E-state index in [-0.39, 0.29) is 0 Å². The minimum absolute atomic E-state index is 0.802. The number of nitrogens with one attached hydrogen (secondary N) is 1. The zero-order valence-electron chi connectivity index (χ0n) is 10.0. The summed E-state index contributed by atoms with van der Waals surface area (Å²) in [7, 11) is 2.00. The standard InChI is InChI=1S/C12H21N3/c1-9-5-7-15-11(4-6-13-3)10(2)14-12(15)8-9/h9,13H,4-8H2,1-3H3. The first-order valence-electron chi connectivity index (χ1n) is 5.92. The molecule has 1 aliphatic rings. The largest absolute Gasteiger partial charge is 0.332 e. The molecule has 84 valence electrons. The Morgan fingerprint density at radius 1 is 1.53 bits per heavy atom. The SMILES string of the molecule is CNCCc1c(C)nc2n1CCC(C)C2. The lowest BCUT2D eigenvalue weighted by atomic mass is 10.0. The summed E-state index contributed by atoms with van der Waals surface area (Å²) in [6.07, 6.45) is 3.56. The fourth-order valence-corrected chi connectivity index (χ4v) is 2.41. The Balaban J connectivity index is 2.23. The summed E-state index contributed by atoms with van der Waals surface area (Å²) in [6, 6.07) is 0. The summed E-state index contributed by atoms with van der Waals surface area (Å²) < 4.78 is 2.44. The van der Waals surface area contributed by atoms with Gasteiger partial charge in [0.1, 0.15) is 5.82 Å². The van der Waals surface area contributed by atoms with E-state index in [1.54, 1.807) is 0 Å². The molecule has 15 heavy (non-hydrogen) atoms. The summed E-state index contributed by atoms with van der Waals surface area (Å²) in [6.45, 7) is 6.67. The molecule has 0 aromatic carbocycles. The number of likely N-dealkylation sites (N-methyl/N-ethyl adjacent to an activating group) is 1. The topological polar surface area (TPSA) is 29.9 Å². The molecular weight excluding hydrogens is 186 g/mol. The van der Waals surface area contributed by atoms with Crippen LogP contribution in [0.25, 0.3) is 0 Å². The Kier molecular flexibility index (Phi) is 3.10. The molecule has 0 aliphatic carbocycles. The Morgan fingerprint density at radius 3 is 3.07 bits per heavy atom. The van der Waals surface area contributed by atoms with Crippen LogP contribution >= 0.6 is 0 Å². The molecule has 3 nitrogen and oxygen atoms in total. The van der Waals surface area contributed by atoms with Gasteiger partial charge >= 0.3 is 0 Å². The number of aryl methyl sites for hydroxylation is 1. The second-order valence-electron chi connectivity index (χ2n) is 4.66. The quantitative estimate of drug-likeness (QED) is 0.814. The Morgan fingerprint density at radius 2 is 2.33 bits per heavy atom. The summed E-state index contributed by atoms with van der Waals surface area (Å²) >= 11 is 0. The molecule has 2 rings (SSSR count). The molecule has 1 aromatic rings. The van der Waals surface area contributed by atoms with Crippen LogP contribution in [0.3, 0.4) is 0 Å². The second-order valence-corrected chi connectivity index (χ2v) is 4.66. The van der Waals surface area contributed by atoms with Gasteiger partial charge in [0.2, 0.25) is 0 Å². The third-order valence-corrected chi connectivity index (χ3v) is 3.34. The van der Waals surface area contributed by atoms with Crippen molar-refractivity contribution in [1.82, 2.24) is 14.9 Å². The van der Waals surface area contributed by atoms with Crippen LogP contribution in [-0.2, 0) is 19.4 Å². The number of rotatable bonds is 3. The van der Waals surface area contributed by atoms with Crippen molar-refractivity contribution >= 4 is 0 Å². The van der Waals surface area contributed by atoms with Crippen molar-refractivity contribution in [2.45, 2.75) is 39.7 Å². The van der Waals surface area contributed by atoms with Gasteiger partial charge in [-0.05, 0) is 26.3 Å². The molecule has 1 N–H and O–H groups in total. The predicted molar refractivity (Wildman–Crippen MR) is 62.1 cm³/mol. The van der Waals surface area contributed by atoms with Crippen molar-refractivity contribution in [3.63, 3.8) is 0 Å². The van der Waals surface area contributed by atoms with Crippen molar-refractivity contribution in [3.05, 3.63) is 17.2 Å². The van der Waals surface area contributed by atoms with E-state index in [0.717, 1.165) is 31.8 Å². The number of imidazole rings is 1. The van der Waals surface area contributed by atoms with Gasteiger partial charge in [0.05, 0.1) is 5.69 Å². The summed E-state index contributed by atoms with van der Waals surface area (Å²) in [5, 5.41) is 3.21. The summed E-state index contributed by atoms with van der Waals surface area (Å²) in [5.74, 6) is 2.11. The first kappa shape index (κ1) is 10.7. The van der Waals surface area contributed by atoms with E-state index in [1.165, 1.54) is 23.6 Å². The van der Waals surface area contributed by atoms with Gasteiger partial charge < -0.3 is 9.88 Å². The molecule has 0 spiro atoms. The molecule has 0 saturated carbocycles. The van der Waals surface area contributed by atoms with Crippen molar-refractivity contribution in [3.8, 4) is 0 Å². The van der Waals surface area contributed by atoms with Gasteiger partial charge in [0, 0.05) is 31.6 Å². The zero-order chi connectivity index (χ0) is 10.8. The van der Waals surface area contributed by atoms with E-state index in [2.05, 4.69) is 28.7 Å². The summed E-state index contributed by atoms with van der Waals surface area (Å²) in [5.41, 5.74) is 2.67. The molecule has 0 bridgehead atoms. The zero-order valence-corrected chi connectivity index (χ0v) is 10.0. The lowest BCUT2D eigenvalue weighted by Gasteiger charge is -2.21. The number of aromatic nitrogens is 2. The van der Waals surface area contributed by atoms with Gasteiger partial charge in [0.15, 0.2) is 0 Å². The molecular formula is C12H21N3. The first-order chi connectivity index (χ1) is 7.22. The lowest BCUT2D eigenvalue weighted by molar-refractivity contribution is 0.402. The molecule has 0 amide bonds. The fourth-order valence-electron chi connectivity index (χ4n) is 2.41. The van der Waals surface area contributed by atoms with E-state index >= 15 is 0 Å². The molecule has 1 unspecified atom stereocenters. The Hall–Kier alpha value is -0.830. The van der Waals surface area contributed by atoms with Gasteiger partial charge in [-0.15, -0.1) is 0 Å². The number of hydrogen-bond donors (Lipinski definition) is 1. The van der Waals surface area contributed by atoms with Gasteiger partial charge in [-0.1, -0.05) is 6.92 Å². The van der Waals surface area contributed by atoms with Gasteiger partial charge in [-0.25, -0.2) is 4.98 Å². The maximum Gasteiger partial charge on any atom is 0.109 e. The van der Waals surface area contributed by atoms with E-state index in [1.807, 2.05) is 7.05 Å². The molecule has 0 fully saturated rings. The summed E-state index contributed by atoms with van der Waals surface area (Å²) in [4.78, 5) is 4.69. The average molecular weight is 207 g/mol. The molecule has 1 aliphatic heterocycles. The Labute approximate surface area is 91.9 Å². The molecule has 3 heteroatoms. The van der Waals surface area contributed by atoms with Crippen LogP contribution in [0.1, 0.15) is 30.6 Å². The highest BCUT2D eigenvalue weighted by Crippen LogP contribution is 2.23. The minimum Gasteiger partial charge on any atom is -0.332 e. The molecule has 0 saturated heterocycles. The van der Waals surface area contributed by atoms with Crippen molar-refractivity contribution in [2.24, 2.45) is 5.92 Å². The normalized spacial score (nSPS) is 20.3. The van der Waals surface area contributed by atoms with E-state index in [4.69, 9.17) is 0 Å². The monoisotopic (exact) mass is 207 g/mol. The van der Waals surface area contributed by atoms with Crippen LogP contribution in [0, 0.1) is 12.8 Å². The van der Waals surface area contributed by atoms with Gasteiger partial charge in [-0.3, -0.25) is 0 Å². The molecule has 1 aromatic heterocycles. The maximum atomic E-state index is 4.69. The van der Waals surface area contributed by atoms with E-state index in [9.17, 15) is 0 Å². The van der Waals surface area contributed by atoms with Crippen LogP contribution in [0.2, 0.25) is 0 Å². The third-order valence-electron chi connectivity index (χ3n) is 3.34. The second kappa shape index (κ2) is 4.35. The van der Waals surface area contributed by atoms with Crippen molar-refractivity contribution in [1.29, 1.82) is 0 Å². The van der Waals surface area contributed by atoms with Crippen LogP contribution in [0.5, 0.6) is 0 Å². The van der Waals surface area contributed by atoms with Crippen molar-refractivity contribution in [2.75, 3.05) is 13.6 Å². The van der Waals surface area contributed by atoms with E-state index in [0.29, 0.717) is 0 Å². The van der Waals surface area contributed by atoms with Gasteiger partial charge in [-0.2, -0.15) is 0 Å². The highest BCUT2D eigenvalue weighted by atomic mass is 15.1. The maximum absolute atomic E-state index is 4.69. The van der Waals surface area contributed by atoms with Crippen LogP contribution in [0.15, 0.2) is 0 Å². The molecule has 2 heterocycles. The predicted octanol–water partition coefficient (Wildman–Crippen LogP) is 1.54. The smallest absolute Gasteiger partial charge is 0.109 e. The number of fused-ring (bicyclic) bond motifs is 1. The molecule has 1 atom stereocenters. The number of nitrogens with zero attached hydrogens (tertiary/aromatic N) is 2. The van der Waals surface area contributed by atoms with Crippen LogP contribution < -0.4 is 5.32 Å². The highest BCUT2D eigenvalue weighted by molar-refractivity contribution is 5.18. The average Bonchev–Trinajstić information content (AvgIpc) is 2.50. The van der Waals surface area contributed by atoms with Crippen molar-refractivity contribution < 1.29 is 0 Å². The third kappa shape index (κ3) is 2.07. The van der Waals surface area contributed by atoms with Gasteiger partial charge in [0.25, 0.3) is 0 Å². The van der Waals surface area contributed by atoms with Crippen LogP contribution in [0.4, 0.5) is 0 Å². The van der Waals surface area contributed by atoms with Crippen LogP contribution in [-0.4, -0.2) is 23.1 Å². The Bertz CT molecular complexity index is 341.